The molecule has 7 heteroatoms. The second kappa shape index (κ2) is 9.27. The van der Waals surface area contributed by atoms with E-state index in [1.165, 1.54) is 6.07 Å². The Morgan fingerprint density at radius 2 is 2.03 bits per heavy atom. The average Bonchev–Trinajstić information content (AvgIpc) is 3.32. The Labute approximate surface area is 193 Å². The number of halogens is 2. The van der Waals surface area contributed by atoms with E-state index in [-0.39, 0.29) is 47.8 Å². The Morgan fingerprint density at radius 3 is 2.75 bits per heavy atom. The number of hydrogen-bond donors (Lipinski definition) is 3. The molecule has 0 aromatic heterocycles. The Hall–Kier alpha value is -1.70. The Balaban J connectivity index is 1.24. The largest absolute Gasteiger partial charge is 0.489 e. The fourth-order valence-corrected chi connectivity index (χ4v) is 4.61. The van der Waals surface area contributed by atoms with E-state index < -0.39 is 11.9 Å². The SMILES string of the molecule is CC(OCC(O)CNC(C)(C)Cc1ccc(Cl)c(F)c1)c1ccc2c(c1)C1C(CO)C1O2. The molecule has 1 saturated carbocycles. The van der Waals surface area contributed by atoms with Gasteiger partial charge in [0.05, 0.1) is 30.4 Å². The molecule has 1 aliphatic carbocycles. The minimum Gasteiger partial charge on any atom is -0.489 e. The molecule has 4 rings (SSSR count). The van der Waals surface area contributed by atoms with Crippen LogP contribution in [0.25, 0.3) is 0 Å². The summed E-state index contributed by atoms with van der Waals surface area (Å²) < 4.78 is 25.5. The van der Waals surface area contributed by atoms with Gasteiger partial charge in [0.15, 0.2) is 0 Å². The van der Waals surface area contributed by atoms with Crippen molar-refractivity contribution in [1.29, 1.82) is 0 Å². The first-order valence-electron chi connectivity index (χ1n) is 11.1. The predicted molar refractivity (Wildman–Crippen MR) is 122 cm³/mol. The number of aliphatic hydroxyl groups excluding tert-OH is 2. The minimum atomic E-state index is -0.678. The molecule has 1 aliphatic heterocycles. The highest BCUT2D eigenvalue weighted by Gasteiger charge is 2.58. The third kappa shape index (κ3) is 5.10. The molecule has 2 aromatic rings. The van der Waals surface area contributed by atoms with Gasteiger partial charge in [-0.2, -0.15) is 0 Å². The van der Waals surface area contributed by atoms with E-state index in [2.05, 4.69) is 11.4 Å². The van der Waals surface area contributed by atoms with Crippen molar-refractivity contribution in [2.75, 3.05) is 19.8 Å². The van der Waals surface area contributed by atoms with Crippen LogP contribution in [-0.4, -0.2) is 47.7 Å². The molecule has 0 amide bonds. The summed E-state index contributed by atoms with van der Waals surface area (Å²) in [5, 5.41) is 23.3. The lowest BCUT2D eigenvalue weighted by Crippen LogP contribution is -2.46. The van der Waals surface area contributed by atoms with Gasteiger partial charge in [-0.1, -0.05) is 23.7 Å². The first-order valence-corrected chi connectivity index (χ1v) is 11.5. The van der Waals surface area contributed by atoms with Crippen molar-refractivity contribution in [3.05, 3.63) is 63.9 Å². The van der Waals surface area contributed by atoms with Gasteiger partial charge >= 0.3 is 0 Å². The van der Waals surface area contributed by atoms with Crippen LogP contribution in [0.1, 0.15) is 49.5 Å². The van der Waals surface area contributed by atoms with Crippen LogP contribution in [0.5, 0.6) is 5.75 Å². The van der Waals surface area contributed by atoms with Gasteiger partial charge in [0, 0.05) is 29.5 Å². The summed E-state index contributed by atoms with van der Waals surface area (Å²) in [6.07, 6.45) is -0.144. The summed E-state index contributed by atoms with van der Waals surface area (Å²) in [6, 6.07) is 10.9. The molecular weight excluding hydrogens is 433 g/mol. The Bertz CT molecular complexity index is 969. The monoisotopic (exact) mass is 463 g/mol. The maximum atomic E-state index is 13.7. The zero-order chi connectivity index (χ0) is 23.0. The summed E-state index contributed by atoms with van der Waals surface area (Å²) in [4.78, 5) is 0. The van der Waals surface area contributed by atoms with Crippen molar-refractivity contribution >= 4 is 11.6 Å². The van der Waals surface area contributed by atoms with E-state index in [0.29, 0.717) is 13.0 Å². The van der Waals surface area contributed by atoms with E-state index in [9.17, 15) is 14.6 Å². The fourth-order valence-electron chi connectivity index (χ4n) is 4.49. The van der Waals surface area contributed by atoms with Gasteiger partial charge in [0.25, 0.3) is 0 Å². The number of benzene rings is 2. The van der Waals surface area contributed by atoms with Crippen LogP contribution >= 0.6 is 11.6 Å². The molecule has 1 heterocycles. The van der Waals surface area contributed by atoms with Crippen LogP contribution in [-0.2, 0) is 11.2 Å². The molecule has 0 spiro atoms. The van der Waals surface area contributed by atoms with Gasteiger partial charge in [0.1, 0.15) is 17.7 Å². The number of β-amino-alcohol motifs (C(OH)–C–C–N with tert-alkyl or cyclic N) is 1. The highest BCUT2D eigenvalue weighted by molar-refractivity contribution is 6.30. The van der Waals surface area contributed by atoms with Gasteiger partial charge in [-0.25, -0.2) is 4.39 Å². The highest BCUT2D eigenvalue weighted by atomic mass is 35.5. The molecule has 5 nitrogen and oxygen atoms in total. The predicted octanol–water partition coefficient (Wildman–Crippen LogP) is 4.00. The van der Waals surface area contributed by atoms with Crippen LogP contribution in [0.2, 0.25) is 5.02 Å². The molecular formula is C25H31ClFNO4. The number of fused-ring (bicyclic) bond motifs is 3. The van der Waals surface area contributed by atoms with Crippen molar-refractivity contribution in [3.63, 3.8) is 0 Å². The first-order chi connectivity index (χ1) is 15.2. The molecule has 5 unspecified atom stereocenters. The number of ether oxygens (including phenoxy) is 2. The minimum absolute atomic E-state index is 0.113. The van der Waals surface area contributed by atoms with Crippen LogP contribution in [0, 0.1) is 11.7 Å². The average molecular weight is 464 g/mol. The molecule has 0 saturated heterocycles. The summed E-state index contributed by atoms with van der Waals surface area (Å²) in [7, 11) is 0. The van der Waals surface area contributed by atoms with Gasteiger partial charge in [-0.3, -0.25) is 0 Å². The number of hydrogen-bond acceptors (Lipinski definition) is 5. The van der Waals surface area contributed by atoms with Gasteiger partial charge in [-0.05, 0) is 62.6 Å². The third-order valence-electron chi connectivity index (χ3n) is 6.42. The lowest BCUT2D eigenvalue weighted by Gasteiger charge is -2.28. The molecule has 1 fully saturated rings. The maximum absolute atomic E-state index is 13.7. The molecule has 0 bridgehead atoms. The molecule has 174 valence electrons. The van der Waals surface area contributed by atoms with Gasteiger partial charge < -0.3 is 25.0 Å². The van der Waals surface area contributed by atoms with E-state index in [0.717, 1.165) is 22.4 Å². The molecule has 3 N–H and O–H groups in total. The summed E-state index contributed by atoms with van der Waals surface area (Å²) in [5.41, 5.74) is 2.67. The number of rotatable bonds is 10. The van der Waals surface area contributed by atoms with Crippen molar-refractivity contribution in [1.82, 2.24) is 5.32 Å². The van der Waals surface area contributed by atoms with Crippen molar-refractivity contribution < 1.29 is 24.1 Å². The van der Waals surface area contributed by atoms with E-state index in [1.807, 2.05) is 39.0 Å². The summed E-state index contributed by atoms with van der Waals surface area (Å²) >= 11 is 5.76. The zero-order valence-electron chi connectivity index (χ0n) is 18.6. The van der Waals surface area contributed by atoms with Gasteiger partial charge in [0.2, 0.25) is 0 Å². The highest BCUT2D eigenvalue weighted by Crippen LogP contribution is 2.58. The van der Waals surface area contributed by atoms with E-state index >= 15 is 0 Å². The van der Waals surface area contributed by atoms with E-state index in [4.69, 9.17) is 21.1 Å². The molecule has 2 aliphatic rings. The maximum Gasteiger partial charge on any atom is 0.142 e. The van der Waals surface area contributed by atoms with Crippen LogP contribution in [0.15, 0.2) is 36.4 Å². The summed E-state index contributed by atoms with van der Waals surface area (Å²) in [5.74, 6) is 0.958. The quantitative estimate of drug-likeness (QED) is 0.497. The lowest BCUT2D eigenvalue weighted by molar-refractivity contribution is -0.00421. The number of nitrogens with one attached hydrogen (secondary N) is 1. The third-order valence-corrected chi connectivity index (χ3v) is 6.72. The molecule has 5 atom stereocenters. The van der Waals surface area contributed by atoms with Crippen molar-refractivity contribution in [2.24, 2.45) is 5.92 Å². The lowest BCUT2D eigenvalue weighted by atomic mass is 9.94. The smallest absolute Gasteiger partial charge is 0.142 e. The summed E-state index contributed by atoms with van der Waals surface area (Å²) in [6.45, 7) is 6.67. The Morgan fingerprint density at radius 1 is 1.25 bits per heavy atom. The van der Waals surface area contributed by atoms with E-state index in [1.54, 1.807) is 6.07 Å². The molecule has 0 radical (unpaired) electrons. The molecule has 2 aromatic carbocycles. The second-order valence-corrected chi connectivity index (χ2v) is 9.98. The normalized spacial score (nSPS) is 23.3. The van der Waals surface area contributed by atoms with Crippen molar-refractivity contribution in [3.8, 4) is 5.75 Å². The second-order valence-electron chi connectivity index (χ2n) is 9.57. The first kappa shape index (κ1) is 23.5. The fraction of sp³-hybridized carbons (Fsp3) is 0.520. The topological polar surface area (TPSA) is 71.0 Å². The van der Waals surface area contributed by atoms with Crippen LogP contribution in [0.4, 0.5) is 4.39 Å². The van der Waals surface area contributed by atoms with Crippen LogP contribution in [0.3, 0.4) is 0 Å². The Kier molecular flexibility index (Phi) is 6.80. The van der Waals surface area contributed by atoms with Crippen LogP contribution < -0.4 is 10.1 Å². The zero-order valence-corrected chi connectivity index (χ0v) is 19.4. The molecule has 32 heavy (non-hydrogen) atoms. The standard InChI is InChI=1S/C25H31ClFNO4/c1-14(16-5-7-22-18(9-16)23-19(12-29)24(23)32-22)31-13-17(30)11-28-25(2,3)10-15-4-6-20(26)21(27)8-15/h4-9,14,17,19,23-24,28-30H,10-13H2,1-3H3. The van der Waals surface area contributed by atoms with Gasteiger partial charge in [-0.15, -0.1) is 0 Å². The van der Waals surface area contributed by atoms with Crippen molar-refractivity contribution in [2.45, 2.75) is 57.0 Å². The number of aliphatic hydroxyl groups is 2.